The molecule has 400 valence electrons. The number of fused-ring (bicyclic) bond motifs is 1. The van der Waals surface area contributed by atoms with Crippen LogP contribution in [0.4, 0.5) is 65.9 Å². The van der Waals surface area contributed by atoms with Gasteiger partial charge in [-0.1, -0.05) is 0 Å². The Hall–Kier alpha value is -7.05. The number of H-pyrrole nitrogens is 1. The molecule has 1 aliphatic carbocycles. The molecule has 5 heterocycles. The lowest BCUT2D eigenvalue weighted by Gasteiger charge is -2.53. The first kappa shape index (κ1) is 61.1. The molecule has 0 bridgehead atoms. The predicted molar refractivity (Wildman–Crippen MR) is 210 cm³/mol. The topological polar surface area (TPSA) is 283 Å². The number of ether oxygens (including phenoxy) is 1. The number of carbonyl (C=O) groups is 4. The molecule has 0 amide bonds. The Morgan fingerprint density at radius 2 is 1.28 bits per heavy atom. The first-order chi connectivity index (χ1) is 32.7. The molecule has 72 heavy (non-hydrogen) atoms. The zero-order valence-electron chi connectivity index (χ0n) is 36.9. The van der Waals surface area contributed by atoms with Crippen molar-refractivity contribution >= 4 is 34.9 Å². The number of hydrogen-bond donors (Lipinski definition) is 6. The Kier molecular flexibility index (Phi) is 20.3. The smallest absolute Gasteiger partial charge is 0.475 e. The molecule has 19 nitrogen and oxygen atoms in total. The van der Waals surface area contributed by atoms with E-state index in [1.165, 1.54) is 12.4 Å². The lowest BCUT2D eigenvalue weighted by atomic mass is 9.82. The van der Waals surface area contributed by atoms with E-state index in [4.69, 9.17) is 44.3 Å². The number of nitriles is 1. The number of likely N-dealkylation sites (tertiary alicyclic amines) is 1. The van der Waals surface area contributed by atoms with Crippen molar-refractivity contribution in [3.05, 3.63) is 48.6 Å². The van der Waals surface area contributed by atoms with E-state index in [0.29, 0.717) is 38.4 Å². The van der Waals surface area contributed by atoms with E-state index < -0.39 is 66.1 Å². The van der Waals surface area contributed by atoms with Gasteiger partial charge in [-0.15, -0.1) is 0 Å². The number of rotatable bonds is 8. The van der Waals surface area contributed by atoms with E-state index >= 15 is 0 Å². The van der Waals surface area contributed by atoms with E-state index in [-0.39, 0.29) is 29.8 Å². The van der Waals surface area contributed by atoms with Crippen LogP contribution in [0, 0.1) is 11.3 Å². The van der Waals surface area contributed by atoms with Crippen LogP contribution >= 0.6 is 0 Å². The van der Waals surface area contributed by atoms with Gasteiger partial charge in [-0.3, -0.25) is 9.58 Å². The van der Waals surface area contributed by atoms with Crippen LogP contribution < -0.4 is 10.1 Å². The number of carboxylic acid groups (broad SMARTS) is 4. The summed E-state index contributed by atoms with van der Waals surface area (Å²) in [5.41, 5.74) is 1.92. The zero-order valence-corrected chi connectivity index (χ0v) is 36.9. The first-order valence-electron chi connectivity index (χ1n) is 19.7. The van der Waals surface area contributed by atoms with Gasteiger partial charge in [0.2, 0.25) is 11.7 Å². The Labute approximate surface area is 393 Å². The molecule has 0 radical (unpaired) electrons. The summed E-state index contributed by atoms with van der Waals surface area (Å²) in [6, 6.07) is 6.06. The second-order valence-corrected chi connectivity index (χ2v) is 16.0. The molecular weight excluding hydrogens is 1030 g/mol. The quantitative estimate of drug-likeness (QED) is 0.0940. The van der Waals surface area contributed by atoms with Crippen LogP contribution in [0.5, 0.6) is 5.88 Å². The lowest BCUT2D eigenvalue weighted by molar-refractivity contribution is -0.193. The highest BCUT2D eigenvalue weighted by Gasteiger charge is 2.49. The molecule has 34 heteroatoms. The van der Waals surface area contributed by atoms with Gasteiger partial charge in [-0.05, 0) is 52.5 Å². The molecule has 0 unspecified atom stereocenters. The van der Waals surface area contributed by atoms with Crippen LogP contribution in [0.1, 0.15) is 64.4 Å². The molecule has 1 aliphatic heterocycles. The van der Waals surface area contributed by atoms with Gasteiger partial charge in [0.15, 0.2) is 0 Å². The maximum atomic E-state index is 13.5. The number of halogens is 15. The predicted octanol–water partition coefficient (Wildman–Crippen LogP) is 7.37. The molecule has 6 N–H and O–H groups in total. The summed E-state index contributed by atoms with van der Waals surface area (Å²) in [5, 5.41) is 46.9. The van der Waals surface area contributed by atoms with E-state index in [9.17, 15) is 71.1 Å². The van der Waals surface area contributed by atoms with Crippen molar-refractivity contribution in [3.63, 3.8) is 0 Å². The largest absolute Gasteiger partial charge is 0.490 e. The third-order valence-corrected chi connectivity index (χ3v) is 9.33. The molecule has 0 aromatic carbocycles. The van der Waals surface area contributed by atoms with Crippen molar-refractivity contribution < 1.29 is 110 Å². The van der Waals surface area contributed by atoms with Gasteiger partial charge >= 0.3 is 54.8 Å². The van der Waals surface area contributed by atoms with Gasteiger partial charge in [0.05, 0.1) is 30.1 Å². The minimum Gasteiger partial charge on any atom is -0.475 e. The number of aromatic amines is 1. The Morgan fingerprint density at radius 3 is 1.71 bits per heavy atom. The number of aromatic nitrogens is 7. The second kappa shape index (κ2) is 23.9. The van der Waals surface area contributed by atoms with E-state index in [0.717, 1.165) is 35.1 Å². The van der Waals surface area contributed by atoms with Gasteiger partial charge in [0, 0.05) is 60.6 Å². The molecule has 4 aromatic rings. The van der Waals surface area contributed by atoms with E-state index in [1.54, 1.807) is 6.20 Å². The second-order valence-electron chi connectivity index (χ2n) is 16.0. The van der Waals surface area contributed by atoms with Gasteiger partial charge in [-0.25, -0.2) is 34.1 Å². The summed E-state index contributed by atoms with van der Waals surface area (Å²) >= 11 is 0. The first-order valence-corrected chi connectivity index (χ1v) is 19.7. The standard InChI is InChI=1S/C30H35F3N10O.4C2HF3O2/c1-28(2,3)38-14-20-12-24(41-27(40-20)30(31,32)33)44-22-6-4-21(5-7-22)42-16-29(17-42,9-10-34)43-15-19(13-39-43)25-23-8-11-35-26(23)37-18-36-25;4*3-2(4,5)1(6)7/h8,11-13,15,18,21-22,38H,4-7,9,14,16-17H2,1-3H3,(H,35,36,37);4*(H,6,7)/t21-,22+;;;;. The lowest BCUT2D eigenvalue weighted by Crippen LogP contribution is -2.65. The van der Waals surface area contributed by atoms with E-state index in [2.05, 4.69) is 46.3 Å². The summed E-state index contributed by atoms with van der Waals surface area (Å²) in [7, 11) is 0. The molecule has 2 fully saturated rings. The minimum atomic E-state index is -5.08. The highest BCUT2D eigenvalue weighted by Crippen LogP contribution is 2.39. The summed E-state index contributed by atoms with van der Waals surface area (Å²) in [4.78, 5) is 57.2. The highest BCUT2D eigenvalue weighted by molar-refractivity contribution is 5.90. The number of aliphatic carboxylic acids is 4. The molecule has 1 saturated heterocycles. The van der Waals surface area contributed by atoms with Crippen molar-refractivity contribution in [1.82, 2.24) is 44.9 Å². The molecular formula is C38H39F15N10O9. The number of nitrogens with zero attached hydrogens (tertiary/aromatic N) is 8. The Bertz CT molecular complexity index is 2400. The van der Waals surface area contributed by atoms with Crippen molar-refractivity contribution in [1.29, 1.82) is 5.26 Å². The highest BCUT2D eigenvalue weighted by atomic mass is 19.4. The molecule has 6 rings (SSSR count). The Morgan fingerprint density at radius 1 is 0.792 bits per heavy atom. The number of hydrogen-bond acceptors (Lipinski definition) is 13. The van der Waals surface area contributed by atoms with Crippen LogP contribution in [0.3, 0.4) is 0 Å². The van der Waals surface area contributed by atoms with Crippen LogP contribution in [-0.2, 0) is 37.4 Å². The van der Waals surface area contributed by atoms with Crippen molar-refractivity contribution in [2.45, 2.75) is 114 Å². The number of carboxylic acids is 4. The average Bonchev–Trinajstić information content (AvgIpc) is 3.92. The third kappa shape index (κ3) is 19.3. The van der Waals surface area contributed by atoms with Crippen molar-refractivity contribution in [2.24, 2.45) is 0 Å². The maximum Gasteiger partial charge on any atom is 0.490 e. The monoisotopic (exact) mass is 1060 g/mol. The fraction of sp³-hybridized carbons (Fsp3) is 0.526. The van der Waals surface area contributed by atoms with Gasteiger partial charge in [0.1, 0.15) is 23.6 Å². The SMILES string of the molecule is CC(C)(C)NCc1cc(O[C@H]2CC[C@@H](N3CC(CC#N)(n4cc(-c5ncnc6[nH]ccc56)cn4)C3)CC2)nc(C(F)(F)F)n1.O=C(O)C(F)(F)F.O=C(O)C(F)(F)F.O=C(O)C(F)(F)F.O=C(O)C(F)(F)F. The van der Waals surface area contributed by atoms with Crippen LogP contribution in [-0.4, -0.2) is 139 Å². The fourth-order valence-corrected chi connectivity index (χ4v) is 6.06. The van der Waals surface area contributed by atoms with Gasteiger partial charge in [0.25, 0.3) is 0 Å². The van der Waals surface area contributed by atoms with Crippen LogP contribution in [0.15, 0.2) is 37.1 Å². The summed E-state index contributed by atoms with van der Waals surface area (Å²) in [5.74, 6) is -12.3. The van der Waals surface area contributed by atoms with Gasteiger partial charge < -0.3 is 35.5 Å². The van der Waals surface area contributed by atoms with Crippen LogP contribution in [0.25, 0.3) is 22.3 Å². The summed E-state index contributed by atoms with van der Waals surface area (Å²) < 4.78 is 175. The Balaban J connectivity index is 0.000000516. The average molecular weight is 1060 g/mol. The molecule has 0 atom stereocenters. The normalized spacial score (nSPS) is 17.1. The number of alkyl halides is 15. The summed E-state index contributed by atoms with van der Waals surface area (Å²) in [6.45, 7) is 7.35. The molecule has 2 aliphatic rings. The molecule has 1 saturated carbocycles. The molecule has 0 spiro atoms. The van der Waals surface area contributed by atoms with Crippen molar-refractivity contribution in [2.75, 3.05) is 13.1 Å². The van der Waals surface area contributed by atoms with Gasteiger partial charge in [-0.2, -0.15) is 81.2 Å². The third-order valence-electron chi connectivity index (χ3n) is 9.33. The van der Waals surface area contributed by atoms with Crippen molar-refractivity contribution in [3.8, 4) is 23.2 Å². The fourth-order valence-electron chi connectivity index (χ4n) is 6.06. The summed E-state index contributed by atoms with van der Waals surface area (Å²) in [6.07, 6.45) is -14.8. The minimum absolute atomic E-state index is 0.0476. The van der Waals surface area contributed by atoms with E-state index in [1.807, 2.05) is 43.9 Å². The molecule has 4 aromatic heterocycles. The van der Waals surface area contributed by atoms with Crippen LogP contribution in [0.2, 0.25) is 0 Å². The zero-order chi connectivity index (χ0) is 55.4. The number of nitrogens with one attached hydrogen (secondary N) is 2. The maximum absolute atomic E-state index is 13.5.